The number of halogens is 3. The van der Waals surface area contributed by atoms with Gasteiger partial charge in [-0.15, -0.1) is 0 Å². The summed E-state index contributed by atoms with van der Waals surface area (Å²) in [5.74, 6) is -2.57. The largest absolute Gasteiger partial charge is 0.378 e. The van der Waals surface area contributed by atoms with Gasteiger partial charge in [-0.1, -0.05) is 18.2 Å². The number of anilines is 1. The molecule has 1 aliphatic carbocycles. The first-order valence-electron chi connectivity index (χ1n) is 11.8. The van der Waals surface area contributed by atoms with Crippen molar-refractivity contribution in [2.75, 3.05) is 38.2 Å². The third-order valence-corrected chi connectivity index (χ3v) is 6.66. The maximum Gasteiger partial charge on any atom is 0.320 e. The van der Waals surface area contributed by atoms with E-state index in [-0.39, 0.29) is 29.0 Å². The SMILES string of the molecule is C[C@@H](Nc1nc(Cl)nc2c1CN(C(=O)N1CCOCC1)C2)c1cccc(C(F)(F)COC2CC2)c1. The third-order valence-electron chi connectivity index (χ3n) is 6.49. The van der Waals surface area contributed by atoms with Crippen molar-refractivity contribution in [2.45, 2.75) is 50.9 Å². The van der Waals surface area contributed by atoms with Gasteiger partial charge in [0.1, 0.15) is 12.4 Å². The minimum atomic E-state index is -3.07. The van der Waals surface area contributed by atoms with Crippen LogP contribution in [0.4, 0.5) is 19.4 Å². The monoisotopic (exact) mass is 507 g/mol. The number of nitrogens with one attached hydrogen (secondary N) is 1. The number of morpholine rings is 1. The number of carbonyl (C=O) groups excluding carboxylic acids is 1. The minimum Gasteiger partial charge on any atom is -0.378 e. The topological polar surface area (TPSA) is 79.8 Å². The molecule has 1 aromatic heterocycles. The molecule has 8 nitrogen and oxygen atoms in total. The van der Waals surface area contributed by atoms with E-state index in [1.54, 1.807) is 21.9 Å². The van der Waals surface area contributed by atoms with Gasteiger partial charge in [0.05, 0.1) is 38.1 Å². The summed E-state index contributed by atoms with van der Waals surface area (Å²) in [7, 11) is 0. The first-order chi connectivity index (χ1) is 16.8. The molecule has 0 unspecified atom stereocenters. The molecule has 0 radical (unpaired) electrons. The molecule has 0 bridgehead atoms. The molecule has 188 valence electrons. The van der Waals surface area contributed by atoms with E-state index in [1.165, 1.54) is 12.1 Å². The average Bonchev–Trinajstić information content (AvgIpc) is 3.60. The summed E-state index contributed by atoms with van der Waals surface area (Å²) in [6.45, 7) is 4.06. The fourth-order valence-electron chi connectivity index (χ4n) is 4.30. The molecule has 3 aliphatic rings. The van der Waals surface area contributed by atoms with Crippen molar-refractivity contribution >= 4 is 23.4 Å². The Morgan fingerprint density at radius 3 is 2.77 bits per heavy atom. The second kappa shape index (κ2) is 9.83. The van der Waals surface area contributed by atoms with Crippen molar-refractivity contribution in [3.05, 3.63) is 51.9 Å². The number of carbonyl (C=O) groups is 1. The Kier molecular flexibility index (Phi) is 6.78. The molecule has 11 heteroatoms. The number of ether oxygens (including phenoxy) is 2. The maximum atomic E-state index is 14.7. The zero-order valence-electron chi connectivity index (χ0n) is 19.5. The van der Waals surface area contributed by atoms with Crippen LogP contribution in [0.1, 0.15) is 48.2 Å². The van der Waals surface area contributed by atoms with Crippen LogP contribution in [0.25, 0.3) is 0 Å². The standard InChI is InChI=1S/C24H28ClF2N5O3/c1-15(16-3-2-4-17(11-16)24(26,27)14-35-18-5-6-18)28-21-19-12-32(13-20(19)29-22(25)30-21)23(33)31-7-9-34-10-8-31/h2-4,11,15,18H,5-10,12-14H2,1H3,(H,28,29,30)/t15-/m1/s1. The van der Waals surface area contributed by atoms with Crippen LogP contribution in [0.2, 0.25) is 5.28 Å². The minimum absolute atomic E-state index is 0.0380. The highest BCUT2D eigenvalue weighted by atomic mass is 35.5. The number of urea groups is 1. The van der Waals surface area contributed by atoms with Crippen LogP contribution in [0.5, 0.6) is 0 Å². The molecule has 5 rings (SSSR count). The Morgan fingerprint density at radius 2 is 2.03 bits per heavy atom. The number of hydrogen-bond acceptors (Lipinski definition) is 6. The van der Waals surface area contributed by atoms with Gasteiger partial charge in [-0.3, -0.25) is 0 Å². The van der Waals surface area contributed by atoms with Crippen molar-refractivity contribution in [3.8, 4) is 0 Å². The number of benzene rings is 1. The van der Waals surface area contributed by atoms with Crippen LogP contribution in [0, 0.1) is 0 Å². The number of aromatic nitrogens is 2. The quantitative estimate of drug-likeness (QED) is 0.562. The van der Waals surface area contributed by atoms with Gasteiger partial charge in [0.15, 0.2) is 0 Å². The van der Waals surface area contributed by atoms with E-state index in [0.717, 1.165) is 18.4 Å². The molecule has 2 aromatic rings. The molecule has 2 aliphatic heterocycles. The number of amides is 2. The first kappa shape index (κ1) is 24.1. The van der Waals surface area contributed by atoms with E-state index in [1.807, 2.05) is 6.92 Å². The fourth-order valence-corrected chi connectivity index (χ4v) is 4.49. The molecule has 2 fully saturated rings. The molecule has 1 N–H and O–H groups in total. The zero-order valence-corrected chi connectivity index (χ0v) is 20.2. The van der Waals surface area contributed by atoms with E-state index in [0.29, 0.717) is 56.5 Å². The summed E-state index contributed by atoms with van der Waals surface area (Å²) in [5.41, 5.74) is 2.05. The number of fused-ring (bicyclic) bond motifs is 1. The van der Waals surface area contributed by atoms with E-state index >= 15 is 0 Å². The smallest absolute Gasteiger partial charge is 0.320 e. The van der Waals surface area contributed by atoms with Crippen molar-refractivity contribution in [1.82, 2.24) is 19.8 Å². The summed E-state index contributed by atoms with van der Waals surface area (Å²) in [6, 6.07) is 5.90. The lowest BCUT2D eigenvalue weighted by atomic mass is 10.0. The number of hydrogen-bond donors (Lipinski definition) is 1. The zero-order chi connectivity index (χ0) is 24.6. The highest BCUT2D eigenvalue weighted by Crippen LogP contribution is 2.35. The molecule has 0 spiro atoms. The van der Waals surface area contributed by atoms with Gasteiger partial charge in [-0.25, -0.2) is 14.8 Å². The Hall–Kier alpha value is -2.56. The van der Waals surface area contributed by atoms with Gasteiger partial charge in [0.2, 0.25) is 5.28 Å². The second-order valence-electron chi connectivity index (χ2n) is 9.21. The molecule has 35 heavy (non-hydrogen) atoms. The van der Waals surface area contributed by atoms with Crippen LogP contribution in [-0.4, -0.2) is 64.8 Å². The average molecular weight is 508 g/mol. The molecular formula is C24H28ClF2N5O3. The summed E-state index contributed by atoms with van der Waals surface area (Å²) >= 11 is 6.18. The van der Waals surface area contributed by atoms with Crippen molar-refractivity contribution in [1.29, 1.82) is 0 Å². The summed E-state index contributed by atoms with van der Waals surface area (Å²) in [6.07, 6.45) is 1.65. The van der Waals surface area contributed by atoms with Crippen molar-refractivity contribution in [2.24, 2.45) is 0 Å². The van der Waals surface area contributed by atoms with Gasteiger partial charge < -0.3 is 24.6 Å². The summed E-state index contributed by atoms with van der Waals surface area (Å²) in [5, 5.41) is 3.36. The highest BCUT2D eigenvalue weighted by Gasteiger charge is 2.36. The van der Waals surface area contributed by atoms with Crippen LogP contribution in [0.3, 0.4) is 0 Å². The number of rotatable bonds is 7. The van der Waals surface area contributed by atoms with E-state index < -0.39 is 12.5 Å². The Balaban J connectivity index is 1.30. The van der Waals surface area contributed by atoms with Crippen LogP contribution < -0.4 is 5.32 Å². The molecule has 1 atom stereocenters. The van der Waals surface area contributed by atoms with Crippen LogP contribution in [-0.2, 0) is 28.5 Å². The molecule has 3 heterocycles. The van der Waals surface area contributed by atoms with Crippen molar-refractivity contribution in [3.63, 3.8) is 0 Å². The molecule has 1 saturated heterocycles. The Morgan fingerprint density at radius 1 is 1.26 bits per heavy atom. The van der Waals surface area contributed by atoms with Crippen molar-refractivity contribution < 1.29 is 23.0 Å². The van der Waals surface area contributed by atoms with Gasteiger partial charge in [-0.2, -0.15) is 8.78 Å². The predicted molar refractivity (Wildman–Crippen MR) is 125 cm³/mol. The molecule has 1 aromatic carbocycles. The predicted octanol–water partition coefficient (Wildman–Crippen LogP) is 4.34. The number of alkyl halides is 2. The highest BCUT2D eigenvalue weighted by molar-refractivity contribution is 6.28. The van der Waals surface area contributed by atoms with Gasteiger partial charge in [0, 0.05) is 30.3 Å². The lowest BCUT2D eigenvalue weighted by Gasteiger charge is -2.30. The summed E-state index contributed by atoms with van der Waals surface area (Å²) < 4.78 is 40.0. The van der Waals surface area contributed by atoms with Crippen LogP contribution in [0.15, 0.2) is 24.3 Å². The normalized spacial score (nSPS) is 19.0. The number of nitrogens with zero attached hydrogens (tertiary/aromatic N) is 4. The molecular weight excluding hydrogens is 480 g/mol. The second-order valence-corrected chi connectivity index (χ2v) is 9.55. The summed E-state index contributed by atoms with van der Waals surface area (Å²) in [4.78, 5) is 25.1. The molecule has 2 amide bonds. The van der Waals surface area contributed by atoms with Crippen LogP contribution >= 0.6 is 11.6 Å². The molecule has 1 saturated carbocycles. The maximum absolute atomic E-state index is 14.7. The van der Waals surface area contributed by atoms with E-state index in [2.05, 4.69) is 15.3 Å². The van der Waals surface area contributed by atoms with E-state index in [4.69, 9.17) is 21.1 Å². The Bertz CT molecular complexity index is 1090. The lowest BCUT2D eigenvalue weighted by molar-refractivity contribution is -0.0873. The van der Waals surface area contributed by atoms with Gasteiger partial charge in [0.25, 0.3) is 5.92 Å². The first-order valence-corrected chi connectivity index (χ1v) is 12.2. The van der Waals surface area contributed by atoms with Gasteiger partial charge in [-0.05, 0) is 43.0 Å². The lowest BCUT2D eigenvalue weighted by Crippen LogP contribution is -2.46. The Labute approximate surface area is 207 Å². The third kappa shape index (κ3) is 5.49. The fraction of sp³-hybridized carbons (Fsp3) is 0.542. The van der Waals surface area contributed by atoms with Gasteiger partial charge >= 0.3 is 6.03 Å². The van der Waals surface area contributed by atoms with E-state index in [9.17, 15) is 13.6 Å².